The molecule has 3 aromatic rings. The van der Waals surface area contributed by atoms with Crippen LogP contribution in [-0.2, 0) is 6.42 Å². The van der Waals surface area contributed by atoms with Crippen LogP contribution in [0.2, 0.25) is 0 Å². The van der Waals surface area contributed by atoms with Gasteiger partial charge in [-0.2, -0.15) is 0 Å². The van der Waals surface area contributed by atoms with Crippen molar-refractivity contribution in [3.8, 4) is 10.7 Å². The molecule has 0 aliphatic carbocycles. The van der Waals surface area contributed by atoms with Crippen molar-refractivity contribution < 1.29 is 4.79 Å². The first kappa shape index (κ1) is 14.3. The molecule has 0 fully saturated rings. The number of carbonyl (C=O) groups is 1. The molecule has 6 heteroatoms. The maximum Gasteiger partial charge on any atom is 0.275 e. The van der Waals surface area contributed by atoms with Gasteiger partial charge in [0.1, 0.15) is 16.4 Å². The minimum Gasteiger partial charge on any atom is -0.320 e. The van der Waals surface area contributed by atoms with Crippen molar-refractivity contribution >= 4 is 22.9 Å². The number of para-hydroxylation sites is 1. The summed E-state index contributed by atoms with van der Waals surface area (Å²) in [5, 5.41) is 5.32. The van der Waals surface area contributed by atoms with E-state index in [1.165, 1.54) is 11.3 Å². The molecule has 1 aromatic carbocycles. The predicted octanol–water partition coefficient (Wildman–Crippen LogP) is 3.41. The highest BCUT2D eigenvalue weighted by Gasteiger charge is 2.13. The Bertz CT molecular complexity index is 786. The first-order valence-electron chi connectivity index (χ1n) is 6.89. The molecule has 22 heavy (non-hydrogen) atoms. The molecule has 1 N–H and O–H groups in total. The van der Waals surface area contributed by atoms with E-state index in [-0.39, 0.29) is 5.91 Å². The third-order valence-corrected chi connectivity index (χ3v) is 4.03. The lowest BCUT2D eigenvalue weighted by molar-refractivity contribution is 0.102. The van der Waals surface area contributed by atoms with Gasteiger partial charge in [-0.3, -0.25) is 14.8 Å². The molecular weight excluding hydrogens is 296 g/mol. The van der Waals surface area contributed by atoms with Crippen LogP contribution in [0, 0.1) is 0 Å². The smallest absolute Gasteiger partial charge is 0.275 e. The van der Waals surface area contributed by atoms with E-state index >= 15 is 0 Å². The summed E-state index contributed by atoms with van der Waals surface area (Å²) in [5.41, 5.74) is 2.97. The zero-order valence-electron chi connectivity index (χ0n) is 12.0. The number of aryl methyl sites for hydroxylation is 1. The van der Waals surface area contributed by atoms with Gasteiger partial charge >= 0.3 is 0 Å². The number of rotatable bonds is 4. The molecule has 0 unspecified atom stereocenters. The minimum absolute atomic E-state index is 0.215. The Morgan fingerprint density at radius 1 is 1.27 bits per heavy atom. The second-order valence-corrected chi connectivity index (χ2v) is 5.45. The third kappa shape index (κ3) is 3.01. The molecule has 110 valence electrons. The second kappa shape index (κ2) is 6.44. The van der Waals surface area contributed by atoms with Gasteiger partial charge in [-0.25, -0.2) is 4.98 Å². The van der Waals surface area contributed by atoms with Gasteiger partial charge in [-0.05, 0) is 18.1 Å². The quantitative estimate of drug-likeness (QED) is 0.802. The number of thiazole rings is 1. The molecule has 0 bridgehead atoms. The lowest BCUT2D eigenvalue weighted by Crippen LogP contribution is -2.13. The third-order valence-electron chi connectivity index (χ3n) is 3.17. The molecule has 2 aromatic heterocycles. The summed E-state index contributed by atoms with van der Waals surface area (Å²) < 4.78 is 0. The SMILES string of the molecule is CCc1ccccc1NC(=O)c1csc(-c2cnccn2)n1. The Labute approximate surface area is 132 Å². The number of amides is 1. The van der Waals surface area contributed by atoms with E-state index in [0.717, 1.165) is 17.7 Å². The molecule has 5 nitrogen and oxygen atoms in total. The van der Waals surface area contributed by atoms with Crippen LogP contribution in [0.3, 0.4) is 0 Å². The standard InChI is InChI=1S/C16H14N4OS/c1-2-11-5-3-4-6-12(11)19-15(21)14-10-22-16(20-14)13-9-17-7-8-18-13/h3-10H,2H2,1H3,(H,19,21). The van der Waals surface area contributed by atoms with Gasteiger partial charge in [0.2, 0.25) is 0 Å². The predicted molar refractivity (Wildman–Crippen MR) is 86.9 cm³/mol. The lowest BCUT2D eigenvalue weighted by Gasteiger charge is -2.08. The normalized spacial score (nSPS) is 10.4. The Morgan fingerprint density at radius 3 is 2.91 bits per heavy atom. The Balaban J connectivity index is 1.80. The number of nitrogens with zero attached hydrogens (tertiary/aromatic N) is 3. The Kier molecular flexibility index (Phi) is 4.20. The van der Waals surface area contributed by atoms with Crippen LogP contribution in [0.15, 0.2) is 48.2 Å². The molecule has 0 aliphatic heterocycles. The largest absolute Gasteiger partial charge is 0.320 e. The lowest BCUT2D eigenvalue weighted by atomic mass is 10.1. The highest BCUT2D eigenvalue weighted by molar-refractivity contribution is 7.13. The summed E-state index contributed by atoms with van der Waals surface area (Å²) in [6, 6.07) is 7.76. The summed E-state index contributed by atoms with van der Waals surface area (Å²) in [7, 11) is 0. The van der Waals surface area contributed by atoms with Crippen LogP contribution in [0.1, 0.15) is 23.0 Å². The van der Waals surface area contributed by atoms with Crippen molar-refractivity contribution in [3.63, 3.8) is 0 Å². The molecule has 2 heterocycles. The molecule has 0 saturated carbocycles. The molecule has 0 aliphatic rings. The van der Waals surface area contributed by atoms with Gasteiger partial charge in [0, 0.05) is 23.5 Å². The van der Waals surface area contributed by atoms with E-state index < -0.39 is 0 Å². The van der Waals surface area contributed by atoms with Crippen molar-refractivity contribution in [1.29, 1.82) is 0 Å². The number of nitrogens with one attached hydrogen (secondary N) is 1. The molecule has 0 saturated heterocycles. The van der Waals surface area contributed by atoms with Crippen LogP contribution in [0.5, 0.6) is 0 Å². The monoisotopic (exact) mass is 310 g/mol. The topological polar surface area (TPSA) is 67.8 Å². The number of hydrogen-bond acceptors (Lipinski definition) is 5. The molecular formula is C16H14N4OS. The van der Waals surface area contributed by atoms with Crippen LogP contribution in [0.25, 0.3) is 10.7 Å². The summed E-state index contributed by atoms with van der Waals surface area (Å²) in [4.78, 5) is 24.9. The first-order valence-corrected chi connectivity index (χ1v) is 7.77. The summed E-state index contributed by atoms with van der Waals surface area (Å²) in [6.45, 7) is 2.06. The van der Waals surface area contributed by atoms with Crippen molar-refractivity contribution in [1.82, 2.24) is 15.0 Å². The molecule has 3 rings (SSSR count). The number of hydrogen-bond donors (Lipinski definition) is 1. The van der Waals surface area contributed by atoms with Gasteiger partial charge in [0.15, 0.2) is 0 Å². The highest BCUT2D eigenvalue weighted by atomic mass is 32.1. The average molecular weight is 310 g/mol. The van der Waals surface area contributed by atoms with Crippen molar-refractivity contribution in [2.75, 3.05) is 5.32 Å². The van der Waals surface area contributed by atoms with Crippen LogP contribution in [0.4, 0.5) is 5.69 Å². The molecule has 1 amide bonds. The van der Waals surface area contributed by atoms with E-state index in [1.54, 1.807) is 24.0 Å². The second-order valence-electron chi connectivity index (χ2n) is 4.59. The van der Waals surface area contributed by atoms with Gasteiger partial charge in [0.25, 0.3) is 5.91 Å². The fourth-order valence-electron chi connectivity index (χ4n) is 2.04. The zero-order valence-corrected chi connectivity index (χ0v) is 12.8. The minimum atomic E-state index is -0.215. The van der Waals surface area contributed by atoms with Gasteiger partial charge in [-0.1, -0.05) is 25.1 Å². The van der Waals surface area contributed by atoms with E-state index in [0.29, 0.717) is 16.4 Å². The Hall–Kier alpha value is -2.60. The number of anilines is 1. The van der Waals surface area contributed by atoms with Crippen LogP contribution >= 0.6 is 11.3 Å². The number of aromatic nitrogens is 3. The molecule has 0 spiro atoms. The fraction of sp³-hybridized carbons (Fsp3) is 0.125. The van der Waals surface area contributed by atoms with E-state index in [2.05, 4.69) is 27.2 Å². The zero-order chi connectivity index (χ0) is 15.4. The summed E-state index contributed by atoms with van der Waals surface area (Å²) in [6.07, 6.45) is 5.70. The molecule has 0 radical (unpaired) electrons. The summed E-state index contributed by atoms with van der Waals surface area (Å²) >= 11 is 1.38. The maximum atomic E-state index is 12.3. The van der Waals surface area contributed by atoms with Crippen molar-refractivity contribution in [3.05, 3.63) is 59.5 Å². The Morgan fingerprint density at radius 2 is 2.14 bits per heavy atom. The van der Waals surface area contributed by atoms with Crippen LogP contribution < -0.4 is 5.32 Å². The van der Waals surface area contributed by atoms with Crippen LogP contribution in [-0.4, -0.2) is 20.9 Å². The molecule has 0 atom stereocenters. The van der Waals surface area contributed by atoms with E-state index in [4.69, 9.17) is 0 Å². The number of carbonyl (C=O) groups excluding carboxylic acids is 1. The summed E-state index contributed by atoms with van der Waals surface area (Å²) in [5.74, 6) is -0.215. The maximum absolute atomic E-state index is 12.3. The fourth-order valence-corrected chi connectivity index (χ4v) is 2.80. The van der Waals surface area contributed by atoms with E-state index in [9.17, 15) is 4.79 Å². The van der Waals surface area contributed by atoms with E-state index in [1.807, 2.05) is 24.3 Å². The highest BCUT2D eigenvalue weighted by Crippen LogP contribution is 2.22. The average Bonchev–Trinajstić information content (AvgIpc) is 3.06. The van der Waals surface area contributed by atoms with Gasteiger partial charge in [0.05, 0.1) is 6.20 Å². The van der Waals surface area contributed by atoms with Gasteiger partial charge in [-0.15, -0.1) is 11.3 Å². The number of benzene rings is 1. The first-order chi connectivity index (χ1) is 10.8. The van der Waals surface area contributed by atoms with Crippen molar-refractivity contribution in [2.24, 2.45) is 0 Å². The van der Waals surface area contributed by atoms with Gasteiger partial charge < -0.3 is 5.32 Å². The van der Waals surface area contributed by atoms with Crippen molar-refractivity contribution in [2.45, 2.75) is 13.3 Å².